The highest BCUT2D eigenvalue weighted by Crippen LogP contribution is 2.24. The molecule has 0 fully saturated rings. The minimum atomic E-state index is -0.415. The Kier molecular flexibility index (Phi) is 5.61. The van der Waals surface area contributed by atoms with Crippen LogP contribution in [0.5, 0.6) is 0 Å². The number of benzene rings is 3. The van der Waals surface area contributed by atoms with Gasteiger partial charge in [-0.05, 0) is 62.6 Å². The number of fused-ring (bicyclic) bond motifs is 2. The van der Waals surface area contributed by atoms with Gasteiger partial charge in [0.25, 0.3) is 0 Å². The topological polar surface area (TPSA) is 47.6 Å². The van der Waals surface area contributed by atoms with E-state index in [2.05, 4.69) is 28.0 Å². The molecule has 166 valence electrons. The van der Waals surface area contributed by atoms with Crippen LogP contribution in [0.4, 0.5) is 0 Å². The third kappa shape index (κ3) is 4.84. The lowest BCUT2D eigenvalue weighted by molar-refractivity contribution is -0.00585. The molecule has 0 unspecified atom stereocenters. The molecule has 2 heterocycles. The molecule has 0 atom stereocenters. The van der Waals surface area contributed by atoms with E-state index in [1.54, 1.807) is 0 Å². The highest BCUT2D eigenvalue weighted by molar-refractivity contribution is 5.85. The summed E-state index contributed by atoms with van der Waals surface area (Å²) in [5.74, 6) is 7.04. The Labute approximate surface area is 198 Å². The molecule has 0 aliphatic rings. The summed E-state index contributed by atoms with van der Waals surface area (Å²) in [4.78, 5) is 10.4. The van der Waals surface area contributed by atoms with Gasteiger partial charge in [-0.1, -0.05) is 59.5 Å². The maximum atomic E-state index is 6.32. The number of aromatic nitrogens is 1. The van der Waals surface area contributed by atoms with Gasteiger partial charge in [0.2, 0.25) is 0 Å². The molecule has 34 heavy (non-hydrogen) atoms. The first-order valence-corrected chi connectivity index (χ1v) is 11.2. The van der Waals surface area contributed by atoms with Gasteiger partial charge in [0.1, 0.15) is 22.2 Å². The molecular formula is C30H24N2O2. The summed E-state index contributed by atoms with van der Waals surface area (Å²) in [6.07, 6.45) is 1.86. The van der Waals surface area contributed by atoms with Crippen molar-refractivity contribution in [2.75, 3.05) is 0 Å². The second-order valence-corrected chi connectivity index (χ2v) is 9.03. The smallest absolute Gasteiger partial charge is 0.155 e. The maximum Gasteiger partial charge on any atom is 0.155 e. The fourth-order valence-electron chi connectivity index (χ4n) is 3.52. The molecule has 0 saturated heterocycles. The molecule has 0 aliphatic carbocycles. The van der Waals surface area contributed by atoms with Gasteiger partial charge in [-0.2, -0.15) is 0 Å². The van der Waals surface area contributed by atoms with E-state index in [9.17, 15) is 0 Å². The monoisotopic (exact) mass is 444 g/mol. The van der Waals surface area contributed by atoms with Crippen molar-refractivity contribution in [1.29, 1.82) is 0 Å². The lowest BCUT2D eigenvalue weighted by Crippen LogP contribution is -2.18. The zero-order valence-corrected chi connectivity index (χ0v) is 19.4. The highest BCUT2D eigenvalue weighted by Gasteiger charge is 2.12. The lowest BCUT2D eigenvalue weighted by Gasteiger charge is -2.15. The quantitative estimate of drug-likeness (QED) is 0.225. The van der Waals surface area contributed by atoms with E-state index in [0.717, 1.165) is 33.0 Å². The molecule has 0 saturated carbocycles. The Morgan fingerprint density at radius 3 is 2.32 bits per heavy atom. The summed E-state index contributed by atoms with van der Waals surface area (Å²) in [6, 6.07) is 27.8. The molecule has 0 N–H and O–H groups in total. The van der Waals surface area contributed by atoms with Crippen LogP contribution in [0.15, 0.2) is 101 Å². The Bertz CT molecular complexity index is 1620. The number of nitrogens with zero attached hydrogens (tertiary/aromatic N) is 2. The summed E-state index contributed by atoms with van der Waals surface area (Å²) in [7, 11) is 0. The maximum absolute atomic E-state index is 6.32. The van der Waals surface area contributed by atoms with Crippen LogP contribution < -0.4 is 5.36 Å². The third-order valence-corrected chi connectivity index (χ3v) is 5.17. The molecule has 0 spiro atoms. The van der Waals surface area contributed by atoms with Crippen molar-refractivity contribution in [3.05, 3.63) is 108 Å². The lowest BCUT2D eigenvalue weighted by atomic mass is 10.1. The predicted octanol–water partition coefficient (Wildman–Crippen LogP) is 6.68. The Morgan fingerprint density at radius 2 is 1.53 bits per heavy atom. The first-order chi connectivity index (χ1) is 16.4. The molecule has 0 amide bonds. The Morgan fingerprint density at radius 1 is 0.794 bits per heavy atom. The van der Waals surface area contributed by atoms with Crippen LogP contribution in [0, 0.1) is 11.8 Å². The van der Waals surface area contributed by atoms with Crippen LogP contribution >= 0.6 is 0 Å². The molecule has 0 aliphatic heterocycles. The minimum absolute atomic E-state index is 0.415. The fourth-order valence-corrected chi connectivity index (χ4v) is 3.52. The van der Waals surface area contributed by atoms with Gasteiger partial charge < -0.3 is 9.25 Å². The van der Waals surface area contributed by atoms with Crippen LogP contribution in [0.25, 0.3) is 33.2 Å². The summed E-state index contributed by atoms with van der Waals surface area (Å²) < 4.78 is 6.32. The number of hydrogen-bond donors (Lipinski definition) is 0. The van der Waals surface area contributed by atoms with E-state index in [-0.39, 0.29) is 0 Å². The highest BCUT2D eigenvalue weighted by atomic mass is 16.6. The molecule has 2 aromatic heterocycles. The predicted molar refractivity (Wildman–Crippen MR) is 136 cm³/mol. The van der Waals surface area contributed by atoms with Crippen LogP contribution in [0.2, 0.25) is 0 Å². The molecule has 5 rings (SSSR count). The molecule has 4 heteroatoms. The van der Waals surface area contributed by atoms with E-state index in [0.29, 0.717) is 16.7 Å². The van der Waals surface area contributed by atoms with Crippen molar-refractivity contribution < 1.29 is 9.25 Å². The van der Waals surface area contributed by atoms with Gasteiger partial charge in [-0.15, -0.1) is 0 Å². The normalized spacial score (nSPS) is 11.9. The number of pyridine rings is 1. The van der Waals surface area contributed by atoms with Crippen LogP contribution in [0.1, 0.15) is 31.9 Å². The van der Waals surface area contributed by atoms with Gasteiger partial charge >= 0.3 is 0 Å². The zero-order chi connectivity index (χ0) is 23.5. The first-order valence-electron chi connectivity index (χ1n) is 11.2. The van der Waals surface area contributed by atoms with E-state index in [4.69, 9.17) is 9.25 Å². The van der Waals surface area contributed by atoms with Gasteiger partial charge in [0, 0.05) is 34.2 Å². The summed E-state index contributed by atoms with van der Waals surface area (Å²) in [5.41, 5.74) is 2.80. The summed E-state index contributed by atoms with van der Waals surface area (Å²) in [5, 5.41) is 8.15. The molecule has 4 nitrogen and oxygen atoms in total. The average molecular weight is 445 g/mol. The van der Waals surface area contributed by atoms with Gasteiger partial charge in [-0.3, -0.25) is 4.98 Å². The summed E-state index contributed by atoms with van der Waals surface area (Å²) >= 11 is 0. The second-order valence-electron chi connectivity index (χ2n) is 9.03. The molecule has 3 aromatic carbocycles. The molecule has 0 bridgehead atoms. The van der Waals surface area contributed by atoms with E-state index in [1.807, 2.05) is 106 Å². The van der Waals surface area contributed by atoms with Crippen LogP contribution in [-0.4, -0.2) is 10.6 Å². The second kappa shape index (κ2) is 8.88. The van der Waals surface area contributed by atoms with Gasteiger partial charge in [-0.25, -0.2) is 0 Å². The van der Waals surface area contributed by atoms with Crippen molar-refractivity contribution in [2.45, 2.75) is 26.4 Å². The summed E-state index contributed by atoms with van der Waals surface area (Å²) in [6.45, 7) is 5.90. The average Bonchev–Trinajstić information content (AvgIpc) is 2.85. The minimum Gasteiger partial charge on any atom is -0.454 e. The van der Waals surface area contributed by atoms with E-state index < -0.39 is 5.60 Å². The Hall–Kier alpha value is -4.36. The van der Waals surface area contributed by atoms with E-state index >= 15 is 0 Å². The van der Waals surface area contributed by atoms with Crippen molar-refractivity contribution in [3.8, 4) is 23.3 Å². The SMILES string of the molecule is CC(C)(C)ON=c1cc(-c2cc3ccccc3cn2)oc2cc(C#Cc3ccccc3)ccc12. The Balaban J connectivity index is 1.66. The van der Waals surface area contributed by atoms with Crippen LogP contribution in [-0.2, 0) is 4.84 Å². The molecular weight excluding hydrogens is 420 g/mol. The number of rotatable bonds is 2. The zero-order valence-electron chi connectivity index (χ0n) is 19.4. The van der Waals surface area contributed by atoms with Gasteiger partial charge in [0.15, 0.2) is 5.76 Å². The van der Waals surface area contributed by atoms with Crippen molar-refractivity contribution in [3.63, 3.8) is 0 Å². The van der Waals surface area contributed by atoms with Crippen LogP contribution in [0.3, 0.4) is 0 Å². The standard InChI is InChI=1S/C30H24N2O2/c1-30(2,3)34-32-26-19-29(27-18-23-11-7-8-12-24(23)20-31-27)33-28-17-22(15-16-25(26)28)14-13-21-9-5-4-6-10-21/h4-12,15-20H,1-3H3. The van der Waals surface area contributed by atoms with E-state index in [1.165, 1.54) is 0 Å². The fraction of sp³-hybridized carbons (Fsp3) is 0.133. The molecule has 5 aromatic rings. The largest absolute Gasteiger partial charge is 0.454 e. The third-order valence-electron chi connectivity index (χ3n) is 5.17. The first kappa shape index (κ1) is 21.5. The number of hydrogen-bond acceptors (Lipinski definition) is 4. The van der Waals surface area contributed by atoms with Crippen molar-refractivity contribution in [2.24, 2.45) is 5.16 Å². The molecule has 0 radical (unpaired) electrons. The van der Waals surface area contributed by atoms with Crippen molar-refractivity contribution in [1.82, 2.24) is 4.98 Å². The van der Waals surface area contributed by atoms with Crippen molar-refractivity contribution >= 4 is 21.7 Å². The van der Waals surface area contributed by atoms with Gasteiger partial charge in [0.05, 0.1) is 0 Å².